The van der Waals surface area contributed by atoms with Gasteiger partial charge < -0.3 is 10.2 Å². The summed E-state index contributed by atoms with van der Waals surface area (Å²) in [5.41, 5.74) is 0. The normalized spacial score (nSPS) is 11.5. The maximum atomic E-state index is 3.15. The van der Waals surface area contributed by atoms with Gasteiger partial charge in [0.25, 0.3) is 0 Å². The van der Waals surface area contributed by atoms with Gasteiger partial charge in [-0.2, -0.15) is 0 Å². The van der Waals surface area contributed by atoms with Crippen molar-refractivity contribution in [3.8, 4) is 0 Å². The van der Waals surface area contributed by atoms with Crippen molar-refractivity contribution in [1.82, 2.24) is 10.2 Å². The van der Waals surface area contributed by atoms with Gasteiger partial charge in [0, 0.05) is 6.54 Å². The summed E-state index contributed by atoms with van der Waals surface area (Å²) < 4.78 is 0. The van der Waals surface area contributed by atoms with Gasteiger partial charge in [0.15, 0.2) is 0 Å². The lowest BCUT2D eigenvalue weighted by Crippen LogP contribution is -2.26. The van der Waals surface area contributed by atoms with E-state index in [1.54, 1.807) is 0 Å². The first-order chi connectivity index (χ1) is 5.16. The second kappa shape index (κ2) is 6.62. The van der Waals surface area contributed by atoms with Crippen molar-refractivity contribution in [3.63, 3.8) is 0 Å². The monoisotopic (exact) mass is 158 g/mol. The number of nitrogens with zero attached hydrogens (tertiary/aromatic N) is 1. The highest BCUT2D eigenvalue weighted by Crippen LogP contribution is 1.95. The van der Waals surface area contributed by atoms with Crippen LogP contribution in [0.2, 0.25) is 0 Å². The molecule has 0 atom stereocenters. The van der Waals surface area contributed by atoms with Gasteiger partial charge in [-0.15, -0.1) is 0 Å². The molecule has 0 bridgehead atoms. The van der Waals surface area contributed by atoms with Gasteiger partial charge in [-0.3, -0.25) is 0 Å². The molecule has 0 aliphatic rings. The highest BCUT2D eigenvalue weighted by atomic mass is 15.1. The molecule has 0 aromatic carbocycles. The molecular formula is C9H22N2. The average Bonchev–Trinajstić information content (AvgIpc) is 1.86. The fourth-order valence-electron chi connectivity index (χ4n) is 1.24. The molecular weight excluding hydrogens is 136 g/mol. The Morgan fingerprint density at radius 1 is 1.36 bits per heavy atom. The molecule has 1 N–H and O–H groups in total. The van der Waals surface area contributed by atoms with Crippen molar-refractivity contribution < 1.29 is 0 Å². The van der Waals surface area contributed by atoms with E-state index in [0.717, 1.165) is 12.5 Å². The Bertz CT molecular complexity index is 81.6. The van der Waals surface area contributed by atoms with Gasteiger partial charge in [-0.05, 0) is 39.5 Å². The molecule has 0 spiro atoms. The van der Waals surface area contributed by atoms with Crippen LogP contribution in [0.3, 0.4) is 0 Å². The summed E-state index contributed by atoms with van der Waals surface area (Å²) in [6.07, 6.45) is 1.25. The molecule has 2 nitrogen and oxygen atoms in total. The molecule has 68 valence electrons. The van der Waals surface area contributed by atoms with Gasteiger partial charge in [0.1, 0.15) is 0 Å². The van der Waals surface area contributed by atoms with Crippen LogP contribution >= 0.6 is 0 Å². The summed E-state index contributed by atoms with van der Waals surface area (Å²) in [7, 11) is 4.19. The van der Waals surface area contributed by atoms with Crippen molar-refractivity contribution in [2.75, 3.05) is 33.7 Å². The molecule has 0 aromatic heterocycles. The molecule has 0 unspecified atom stereocenters. The first-order valence-corrected chi connectivity index (χ1v) is 4.50. The average molecular weight is 158 g/mol. The van der Waals surface area contributed by atoms with Crippen molar-refractivity contribution in [2.45, 2.75) is 20.3 Å². The van der Waals surface area contributed by atoms with Crippen molar-refractivity contribution in [2.24, 2.45) is 5.92 Å². The fraction of sp³-hybridized carbons (Fsp3) is 1.00. The van der Waals surface area contributed by atoms with Crippen LogP contribution in [0.25, 0.3) is 0 Å². The van der Waals surface area contributed by atoms with Crippen LogP contribution in [0.15, 0.2) is 0 Å². The van der Waals surface area contributed by atoms with Gasteiger partial charge in [0.05, 0.1) is 0 Å². The number of rotatable bonds is 6. The van der Waals surface area contributed by atoms with E-state index < -0.39 is 0 Å². The topological polar surface area (TPSA) is 15.3 Å². The third-order valence-corrected chi connectivity index (χ3v) is 1.64. The van der Waals surface area contributed by atoms with Crippen LogP contribution in [-0.2, 0) is 0 Å². The predicted molar refractivity (Wildman–Crippen MR) is 50.9 cm³/mol. The van der Waals surface area contributed by atoms with Crippen molar-refractivity contribution in [3.05, 3.63) is 0 Å². The van der Waals surface area contributed by atoms with Crippen LogP contribution in [0.1, 0.15) is 20.3 Å². The quantitative estimate of drug-likeness (QED) is 0.584. The van der Waals surface area contributed by atoms with E-state index in [0.29, 0.717) is 0 Å². The van der Waals surface area contributed by atoms with Crippen LogP contribution in [-0.4, -0.2) is 38.6 Å². The lowest BCUT2D eigenvalue weighted by molar-refractivity contribution is 0.291. The zero-order chi connectivity index (χ0) is 8.69. The molecule has 0 heterocycles. The smallest absolute Gasteiger partial charge is 0.000134 e. The third kappa shape index (κ3) is 7.82. The number of nitrogens with one attached hydrogen (secondary N) is 1. The van der Waals surface area contributed by atoms with Gasteiger partial charge in [-0.1, -0.05) is 13.8 Å². The zero-order valence-electron chi connectivity index (χ0n) is 8.35. The number of hydrogen-bond donors (Lipinski definition) is 1. The number of hydrogen-bond acceptors (Lipinski definition) is 2. The third-order valence-electron chi connectivity index (χ3n) is 1.64. The zero-order valence-corrected chi connectivity index (χ0v) is 8.35. The Hall–Kier alpha value is -0.0800. The summed E-state index contributed by atoms with van der Waals surface area (Å²) in [5, 5.41) is 3.15. The first kappa shape index (κ1) is 10.9. The minimum Gasteiger partial charge on any atom is -0.320 e. The van der Waals surface area contributed by atoms with E-state index in [4.69, 9.17) is 0 Å². The van der Waals surface area contributed by atoms with Crippen LogP contribution in [0, 0.1) is 5.92 Å². The lowest BCUT2D eigenvalue weighted by atomic mass is 10.2. The summed E-state index contributed by atoms with van der Waals surface area (Å²) in [5.74, 6) is 0.787. The Morgan fingerprint density at radius 3 is 2.45 bits per heavy atom. The Morgan fingerprint density at radius 2 is 2.00 bits per heavy atom. The fourth-order valence-corrected chi connectivity index (χ4v) is 1.24. The second-order valence-corrected chi connectivity index (χ2v) is 3.61. The summed E-state index contributed by atoms with van der Waals surface area (Å²) in [4.78, 5) is 2.39. The highest BCUT2D eigenvalue weighted by Gasteiger charge is 1.99. The molecule has 0 saturated heterocycles. The SMILES string of the molecule is CNCCCN(C)CC(C)C. The maximum Gasteiger partial charge on any atom is 0.000134 e. The Kier molecular flexibility index (Phi) is 6.57. The van der Waals surface area contributed by atoms with E-state index in [-0.39, 0.29) is 0 Å². The minimum absolute atomic E-state index is 0.787. The molecule has 0 aromatic rings. The van der Waals surface area contributed by atoms with E-state index in [1.807, 2.05) is 7.05 Å². The standard InChI is InChI=1S/C9H22N2/c1-9(2)8-11(4)7-5-6-10-3/h9-10H,5-8H2,1-4H3. The molecule has 2 heteroatoms. The molecule has 0 radical (unpaired) electrons. The molecule has 0 fully saturated rings. The summed E-state index contributed by atoms with van der Waals surface area (Å²) in [6, 6.07) is 0. The first-order valence-electron chi connectivity index (χ1n) is 4.50. The molecule has 0 rings (SSSR count). The second-order valence-electron chi connectivity index (χ2n) is 3.61. The summed E-state index contributed by atoms with van der Waals surface area (Å²) in [6.45, 7) is 8.06. The molecule has 0 aliphatic carbocycles. The van der Waals surface area contributed by atoms with Crippen LogP contribution in [0.4, 0.5) is 0 Å². The van der Waals surface area contributed by atoms with Gasteiger partial charge in [-0.25, -0.2) is 0 Å². The molecule has 0 saturated carbocycles. The van der Waals surface area contributed by atoms with Gasteiger partial charge >= 0.3 is 0 Å². The maximum absolute atomic E-state index is 3.15. The Balaban J connectivity index is 3.15. The summed E-state index contributed by atoms with van der Waals surface area (Å²) >= 11 is 0. The van der Waals surface area contributed by atoms with Crippen LogP contribution in [0.5, 0.6) is 0 Å². The molecule has 0 amide bonds. The molecule has 11 heavy (non-hydrogen) atoms. The van der Waals surface area contributed by atoms with E-state index in [9.17, 15) is 0 Å². The van der Waals surface area contributed by atoms with Crippen LogP contribution < -0.4 is 5.32 Å². The van der Waals surface area contributed by atoms with Gasteiger partial charge in [0.2, 0.25) is 0 Å². The van der Waals surface area contributed by atoms with Crippen molar-refractivity contribution in [1.29, 1.82) is 0 Å². The largest absolute Gasteiger partial charge is 0.320 e. The predicted octanol–water partition coefficient (Wildman–Crippen LogP) is 1.18. The Labute approximate surface area is 71.0 Å². The van der Waals surface area contributed by atoms with Crippen molar-refractivity contribution >= 4 is 0 Å². The van der Waals surface area contributed by atoms with E-state index in [1.165, 1.54) is 19.5 Å². The highest BCUT2D eigenvalue weighted by molar-refractivity contribution is 4.55. The lowest BCUT2D eigenvalue weighted by Gasteiger charge is -2.18. The minimum atomic E-state index is 0.787. The van der Waals surface area contributed by atoms with E-state index >= 15 is 0 Å². The molecule has 0 aliphatic heterocycles. The van der Waals surface area contributed by atoms with E-state index in [2.05, 4.69) is 31.1 Å².